The first-order chi connectivity index (χ1) is 15.0. The van der Waals surface area contributed by atoms with Crippen LogP contribution in [0.1, 0.15) is 33.9 Å². The molecule has 0 amide bonds. The Kier molecular flexibility index (Phi) is 8.72. The first-order valence-corrected chi connectivity index (χ1v) is 10.6. The van der Waals surface area contributed by atoms with E-state index in [0.717, 1.165) is 50.4 Å². The molecule has 1 aromatic rings. The highest BCUT2D eigenvalue weighted by Crippen LogP contribution is 2.34. The Hall–Kier alpha value is -3.00. The monoisotopic (exact) mass is 473 g/mol. The molecule has 1 aromatic heterocycles. The Morgan fingerprint density at radius 2 is 1.53 bits per heavy atom. The molecule has 1 aliphatic rings. The molecule has 1 aliphatic heterocycles. The fourth-order valence-electron chi connectivity index (χ4n) is 3.03. The summed E-state index contributed by atoms with van der Waals surface area (Å²) in [5, 5.41) is 0.192. The minimum Gasteiger partial charge on any atom is -0.463 e. The van der Waals surface area contributed by atoms with Gasteiger partial charge in [0.25, 0.3) is 0 Å². The summed E-state index contributed by atoms with van der Waals surface area (Å²) in [7, 11) is 0. The van der Waals surface area contributed by atoms with E-state index in [4.69, 9.17) is 23.7 Å². The lowest BCUT2D eigenvalue weighted by Crippen LogP contribution is -2.61. The van der Waals surface area contributed by atoms with Crippen molar-refractivity contribution in [2.75, 3.05) is 12.9 Å². The summed E-state index contributed by atoms with van der Waals surface area (Å²) >= 11 is 1.13. The highest BCUT2D eigenvalue weighted by molar-refractivity contribution is 7.98. The first kappa shape index (κ1) is 25.3. The molecule has 0 spiro atoms. The van der Waals surface area contributed by atoms with Crippen molar-refractivity contribution in [3.63, 3.8) is 0 Å². The van der Waals surface area contributed by atoms with Gasteiger partial charge in [0.1, 0.15) is 19.0 Å². The highest BCUT2D eigenvalue weighted by atomic mass is 32.2. The smallest absolute Gasteiger partial charge is 0.353 e. The molecule has 13 nitrogen and oxygen atoms in total. The Morgan fingerprint density at radius 3 is 2.03 bits per heavy atom. The normalized spacial score (nSPS) is 24.8. The number of nitrogens with zero attached hydrogens (tertiary/aromatic N) is 3. The van der Waals surface area contributed by atoms with E-state index in [1.165, 1.54) is 0 Å². The van der Waals surface area contributed by atoms with Gasteiger partial charge in [-0.1, -0.05) is 11.8 Å². The molecule has 1 saturated heterocycles. The number of hydrogen-bond donors (Lipinski definition) is 0. The summed E-state index contributed by atoms with van der Waals surface area (Å²) in [4.78, 5) is 67.1. The number of hydrogen-bond acceptors (Lipinski definition) is 13. The van der Waals surface area contributed by atoms with Crippen LogP contribution in [0.2, 0.25) is 0 Å². The van der Waals surface area contributed by atoms with E-state index in [2.05, 4.69) is 9.97 Å². The molecule has 5 atom stereocenters. The van der Waals surface area contributed by atoms with Crippen molar-refractivity contribution in [1.82, 2.24) is 14.5 Å². The van der Waals surface area contributed by atoms with Crippen LogP contribution in [0, 0.1) is 0 Å². The van der Waals surface area contributed by atoms with Crippen molar-refractivity contribution in [2.45, 2.75) is 63.5 Å². The molecule has 14 heteroatoms. The standard InChI is InChI=1S/C18H23N3O10S/c1-8(22)27-6-12-13(28-9(2)23)14(29-10(3)24)15(30-11(4)25)16(31-12)21-7-19-17(32-5)20-18(21)26/h7,12-16H,6H2,1-5H3/t12-,13+,14+,15-,16-/m1/s1. The van der Waals surface area contributed by atoms with E-state index in [0.29, 0.717) is 0 Å². The zero-order valence-corrected chi connectivity index (χ0v) is 18.8. The fourth-order valence-corrected chi connectivity index (χ4v) is 3.35. The van der Waals surface area contributed by atoms with Crippen LogP contribution in [0.5, 0.6) is 0 Å². The summed E-state index contributed by atoms with van der Waals surface area (Å²) < 4.78 is 27.7. The van der Waals surface area contributed by atoms with E-state index in [1.54, 1.807) is 6.26 Å². The predicted octanol–water partition coefficient (Wildman–Crippen LogP) is -0.384. The van der Waals surface area contributed by atoms with Crippen LogP contribution in [0.4, 0.5) is 0 Å². The van der Waals surface area contributed by atoms with Gasteiger partial charge in [0.15, 0.2) is 29.7 Å². The lowest BCUT2D eigenvalue weighted by Gasteiger charge is -2.44. The van der Waals surface area contributed by atoms with Gasteiger partial charge < -0.3 is 23.7 Å². The average Bonchev–Trinajstić information content (AvgIpc) is 2.68. The van der Waals surface area contributed by atoms with E-state index < -0.39 is 66.8 Å². The van der Waals surface area contributed by atoms with Crippen LogP contribution in [0.15, 0.2) is 16.3 Å². The minimum atomic E-state index is -1.42. The van der Waals surface area contributed by atoms with Crippen LogP contribution >= 0.6 is 11.8 Å². The van der Waals surface area contributed by atoms with Crippen LogP contribution in [-0.4, -0.2) is 75.7 Å². The zero-order valence-electron chi connectivity index (χ0n) is 18.0. The molecule has 0 unspecified atom stereocenters. The van der Waals surface area contributed by atoms with Crippen LogP contribution < -0.4 is 5.69 Å². The number of aromatic nitrogens is 3. The SMILES string of the molecule is CSc1ncn([C@@H]2O[C@H](COC(C)=O)[C@H](OC(C)=O)[C@H](OC(C)=O)[C@H]2OC(C)=O)c(=O)n1. The maximum Gasteiger partial charge on any atom is 0.353 e. The third-order valence-corrected chi connectivity index (χ3v) is 4.69. The van der Waals surface area contributed by atoms with Gasteiger partial charge in [-0.3, -0.25) is 23.7 Å². The van der Waals surface area contributed by atoms with Gasteiger partial charge in [0.2, 0.25) is 0 Å². The first-order valence-electron chi connectivity index (χ1n) is 9.33. The Balaban J connectivity index is 2.59. The predicted molar refractivity (Wildman–Crippen MR) is 105 cm³/mol. The maximum absolute atomic E-state index is 12.6. The fraction of sp³-hybridized carbons (Fsp3) is 0.611. The molecule has 2 rings (SSSR count). The maximum atomic E-state index is 12.6. The number of rotatable bonds is 7. The second-order valence-corrected chi connectivity index (χ2v) is 7.40. The molecular weight excluding hydrogens is 450 g/mol. The summed E-state index contributed by atoms with van der Waals surface area (Å²) in [6.07, 6.45) is -3.91. The van der Waals surface area contributed by atoms with Crippen molar-refractivity contribution in [3.05, 3.63) is 16.8 Å². The molecule has 0 aliphatic carbocycles. The van der Waals surface area contributed by atoms with Crippen LogP contribution in [0.25, 0.3) is 0 Å². The zero-order chi connectivity index (χ0) is 24.0. The third kappa shape index (κ3) is 6.50. The summed E-state index contributed by atoms with van der Waals surface area (Å²) in [6.45, 7) is 4.06. The van der Waals surface area contributed by atoms with E-state index in [9.17, 15) is 24.0 Å². The summed E-state index contributed by atoms with van der Waals surface area (Å²) in [5.74, 6) is -2.97. The quantitative estimate of drug-likeness (QED) is 0.286. The molecule has 0 radical (unpaired) electrons. The molecular formula is C18H23N3O10S. The lowest BCUT2D eigenvalue weighted by atomic mass is 9.97. The molecule has 0 N–H and O–H groups in total. The second kappa shape index (κ2) is 11.0. The van der Waals surface area contributed by atoms with Crippen LogP contribution in [0.3, 0.4) is 0 Å². The molecule has 0 bridgehead atoms. The Bertz CT molecular complexity index is 936. The summed E-state index contributed by atoms with van der Waals surface area (Å²) in [5.41, 5.74) is -0.787. The van der Waals surface area contributed by atoms with Crippen molar-refractivity contribution in [1.29, 1.82) is 0 Å². The number of thioether (sulfide) groups is 1. The van der Waals surface area contributed by atoms with E-state index in [-0.39, 0.29) is 5.16 Å². The average molecular weight is 473 g/mol. The Labute approximate surface area is 186 Å². The van der Waals surface area contributed by atoms with Crippen molar-refractivity contribution in [3.8, 4) is 0 Å². The van der Waals surface area contributed by atoms with E-state index in [1.807, 2.05) is 0 Å². The molecule has 0 saturated carbocycles. The molecule has 176 valence electrons. The van der Waals surface area contributed by atoms with Crippen molar-refractivity contribution < 1.29 is 42.9 Å². The largest absolute Gasteiger partial charge is 0.463 e. The van der Waals surface area contributed by atoms with Gasteiger partial charge in [-0.15, -0.1) is 0 Å². The minimum absolute atomic E-state index is 0.192. The molecule has 1 fully saturated rings. The van der Waals surface area contributed by atoms with Gasteiger partial charge in [0.05, 0.1) is 0 Å². The van der Waals surface area contributed by atoms with Crippen LogP contribution in [-0.2, 0) is 42.9 Å². The van der Waals surface area contributed by atoms with E-state index >= 15 is 0 Å². The van der Waals surface area contributed by atoms with Gasteiger partial charge in [-0.2, -0.15) is 4.98 Å². The number of carbonyl (C=O) groups is 4. The Morgan fingerprint density at radius 1 is 0.969 bits per heavy atom. The topological polar surface area (TPSA) is 162 Å². The molecule has 0 aromatic carbocycles. The number of carbonyl (C=O) groups excluding carboxylic acids is 4. The molecule has 32 heavy (non-hydrogen) atoms. The third-order valence-electron chi connectivity index (χ3n) is 4.13. The van der Waals surface area contributed by atoms with Gasteiger partial charge in [0, 0.05) is 27.7 Å². The van der Waals surface area contributed by atoms with Gasteiger partial charge >= 0.3 is 29.6 Å². The van der Waals surface area contributed by atoms with Crippen molar-refractivity contribution >= 4 is 35.6 Å². The van der Waals surface area contributed by atoms with Crippen molar-refractivity contribution in [2.24, 2.45) is 0 Å². The van der Waals surface area contributed by atoms with Gasteiger partial charge in [-0.05, 0) is 6.26 Å². The summed E-state index contributed by atoms with van der Waals surface area (Å²) in [6, 6.07) is 0. The molecule has 2 heterocycles. The number of ether oxygens (including phenoxy) is 5. The second-order valence-electron chi connectivity index (χ2n) is 6.62. The number of esters is 4. The lowest BCUT2D eigenvalue weighted by molar-refractivity contribution is -0.269. The highest BCUT2D eigenvalue weighted by Gasteiger charge is 2.53. The van der Waals surface area contributed by atoms with Gasteiger partial charge in [-0.25, -0.2) is 9.78 Å².